The second-order valence-electron chi connectivity index (χ2n) is 6.54. The summed E-state index contributed by atoms with van der Waals surface area (Å²) < 4.78 is 7.12. The van der Waals surface area contributed by atoms with Gasteiger partial charge in [-0.1, -0.05) is 25.1 Å². The quantitative estimate of drug-likeness (QED) is 0.740. The van der Waals surface area contributed by atoms with Crippen LogP contribution in [0.1, 0.15) is 60.6 Å². The molecule has 24 heavy (non-hydrogen) atoms. The summed E-state index contributed by atoms with van der Waals surface area (Å²) in [7, 11) is 0. The zero-order chi connectivity index (χ0) is 16.7. The molecule has 0 saturated carbocycles. The third kappa shape index (κ3) is 2.38. The Morgan fingerprint density at radius 1 is 1.33 bits per heavy atom. The maximum atomic E-state index is 13.1. The van der Waals surface area contributed by atoms with E-state index in [2.05, 4.69) is 24.1 Å². The molecule has 1 amide bonds. The highest BCUT2D eigenvalue weighted by Crippen LogP contribution is 2.33. The van der Waals surface area contributed by atoms with Crippen molar-refractivity contribution < 1.29 is 9.32 Å². The van der Waals surface area contributed by atoms with Crippen molar-refractivity contribution in [2.45, 2.75) is 38.6 Å². The van der Waals surface area contributed by atoms with E-state index < -0.39 is 0 Å². The van der Waals surface area contributed by atoms with Crippen molar-refractivity contribution in [1.29, 1.82) is 0 Å². The van der Waals surface area contributed by atoms with E-state index in [9.17, 15) is 4.79 Å². The lowest BCUT2D eigenvalue weighted by Crippen LogP contribution is -2.32. The average molecular weight is 324 g/mol. The van der Waals surface area contributed by atoms with Crippen molar-refractivity contribution in [3.8, 4) is 0 Å². The van der Waals surface area contributed by atoms with Crippen LogP contribution in [0.5, 0.6) is 0 Å². The van der Waals surface area contributed by atoms with Crippen molar-refractivity contribution in [3.63, 3.8) is 0 Å². The molecule has 0 spiro atoms. The molecule has 1 fully saturated rings. The number of fused-ring (bicyclic) bond motifs is 1. The van der Waals surface area contributed by atoms with Crippen LogP contribution in [-0.4, -0.2) is 32.1 Å². The molecule has 6 nitrogen and oxygen atoms in total. The maximum Gasteiger partial charge on any atom is 0.273 e. The van der Waals surface area contributed by atoms with Crippen molar-refractivity contribution in [2.75, 3.05) is 6.54 Å². The highest BCUT2D eigenvalue weighted by molar-refractivity contribution is 5.93. The maximum absolute atomic E-state index is 13.1. The smallest absolute Gasteiger partial charge is 0.273 e. The number of hydrogen-bond acceptors (Lipinski definition) is 4. The van der Waals surface area contributed by atoms with Gasteiger partial charge in [0, 0.05) is 18.5 Å². The monoisotopic (exact) mass is 324 g/mol. The van der Waals surface area contributed by atoms with Gasteiger partial charge in [0.15, 0.2) is 0 Å². The lowest BCUT2D eigenvalue weighted by molar-refractivity contribution is 0.0722. The van der Waals surface area contributed by atoms with E-state index in [4.69, 9.17) is 4.52 Å². The van der Waals surface area contributed by atoms with E-state index in [1.54, 1.807) is 10.7 Å². The van der Waals surface area contributed by atoms with Gasteiger partial charge in [0.25, 0.3) is 5.91 Å². The minimum atomic E-state index is -0.0282. The van der Waals surface area contributed by atoms with Gasteiger partial charge in [-0.3, -0.25) is 4.79 Å². The van der Waals surface area contributed by atoms with E-state index >= 15 is 0 Å². The third-order valence-corrected chi connectivity index (χ3v) is 4.61. The van der Waals surface area contributed by atoms with Crippen LogP contribution in [0.4, 0.5) is 0 Å². The van der Waals surface area contributed by atoms with Gasteiger partial charge in [0.1, 0.15) is 17.1 Å². The van der Waals surface area contributed by atoms with Crippen LogP contribution in [0.15, 0.2) is 41.1 Å². The molecule has 0 unspecified atom stereocenters. The van der Waals surface area contributed by atoms with Crippen molar-refractivity contribution in [3.05, 3.63) is 53.7 Å². The first-order chi connectivity index (χ1) is 11.6. The van der Waals surface area contributed by atoms with Gasteiger partial charge >= 0.3 is 0 Å². The predicted molar refractivity (Wildman–Crippen MR) is 88.8 cm³/mol. The van der Waals surface area contributed by atoms with E-state index in [-0.39, 0.29) is 17.9 Å². The molecule has 3 aromatic rings. The lowest BCUT2D eigenvalue weighted by Gasteiger charge is -2.23. The summed E-state index contributed by atoms with van der Waals surface area (Å²) in [5.41, 5.74) is 2.34. The Kier molecular flexibility index (Phi) is 3.59. The van der Waals surface area contributed by atoms with Gasteiger partial charge < -0.3 is 9.42 Å². The summed E-state index contributed by atoms with van der Waals surface area (Å²) >= 11 is 0. The Morgan fingerprint density at radius 2 is 2.21 bits per heavy atom. The number of likely N-dealkylation sites (tertiary alicyclic amines) is 1. The molecule has 4 heterocycles. The number of rotatable bonds is 3. The van der Waals surface area contributed by atoms with Crippen LogP contribution < -0.4 is 0 Å². The minimum absolute atomic E-state index is 0.0131. The van der Waals surface area contributed by atoms with Crippen LogP contribution >= 0.6 is 0 Å². The number of nitrogens with zero attached hydrogens (tertiary/aromatic N) is 4. The molecule has 0 aromatic carbocycles. The normalized spacial score (nSPS) is 18.0. The molecular formula is C18H20N4O2. The lowest BCUT2D eigenvalue weighted by atomic mass is 10.1. The first-order valence-corrected chi connectivity index (χ1v) is 8.35. The van der Waals surface area contributed by atoms with Crippen molar-refractivity contribution in [2.24, 2.45) is 0 Å². The molecule has 4 rings (SSSR count). The van der Waals surface area contributed by atoms with Crippen molar-refractivity contribution in [1.82, 2.24) is 19.7 Å². The number of carbonyl (C=O) groups is 1. The minimum Gasteiger partial charge on any atom is -0.361 e. The van der Waals surface area contributed by atoms with E-state index in [0.29, 0.717) is 5.69 Å². The zero-order valence-electron chi connectivity index (χ0n) is 13.8. The molecule has 0 aliphatic carbocycles. The van der Waals surface area contributed by atoms with E-state index in [0.717, 1.165) is 36.4 Å². The highest BCUT2D eigenvalue weighted by Gasteiger charge is 2.34. The molecule has 0 N–H and O–H groups in total. The largest absolute Gasteiger partial charge is 0.361 e. The molecule has 124 valence electrons. The number of aromatic nitrogens is 3. The molecule has 3 aromatic heterocycles. The first-order valence-electron chi connectivity index (χ1n) is 8.35. The molecular weight excluding hydrogens is 304 g/mol. The van der Waals surface area contributed by atoms with Crippen LogP contribution in [0, 0.1) is 0 Å². The van der Waals surface area contributed by atoms with Crippen LogP contribution in [0.2, 0.25) is 0 Å². The van der Waals surface area contributed by atoms with Crippen molar-refractivity contribution >= 4 is 11.4 Å². The molecule has 1 saturated heterocycles. The third-order valence-electron chi connectivity index (χ3n) is 4.61. The molecule has 1 atom stereocenters. The summed E-state index contributed by atoms with van der Waals surface area (Å²) in [6.45, 7) is 4.87. The van der Waals surface area contributed by atoms with Gasteiger partial charge in [-0.25, -0.2) is 4.52 Å². The summed E-state index contributed by atoms with van der Waals surface area (Å²) in [6.07, 6.45) is 3.58. The van der Waals surface area contributed by atoms with Gasteiger partial charge in [-0.15, -0.1) is 0 Å². The molecule has 0 bridgehead atoms. The summed E-state index contributed by atoms with van der Waals surface area (Å²) in [6, 6.07) is 9.50. The van der Waals surface area contributed by atoms with Gasteiger partial charge in [0.05, 0.1) is 17.8 Å². The number of hydrogen-bond donors (Lipinski definition) is 0. The van der Waals surface area contributed by atoms with Gasteiger partial charge in [-0.05, 0) is 31.0 Å². The Bertz CT molecular complexity index is 880. The van der Waals surface area contributed by atoms with Crippen LogP contribution in [0.25, 0.3) is 5.52 Å². The Hall–Kier alpha value is -2.63. The standard InChI is InChI=1S/C18H20N4O2/c1-12(2)17-11-14(20-24-17)15-7-4-10-21(15)18(23)16-6-3-5-13-8-9-19-22(13)16/h3,5-6,8-9,11-12,15H,4,7,10H2,1-2H3/t15-/m0/s1. The fraction of sp³-hybridized carbons (Fsp3) is 0.389. The highest BCUT2D eigenvalue weighted by atomic mass is 16.5. The Labute approximate surface area is 140 Å². The zero-order valence-corrected chi connectivity index (χ0v) is 13.8. The van der Waals surface area contributed by atoms with Gasteiger partial charge in [0.2, 0.25) is 0 Å². The number of pyridine rings is 1. The first kappa shape index (κ1) is 14.9. The van der Waals surface area contributed by atoms with E-state index in [1.807, 2.05) is 35.2 Å². The van der Waals surface area contributed by atoms with Crippen LogP contribution in [0.3, 0.4) is 0 Å². The Morgan fingerprint density at radius 3 is 3.00 bits per heavy atom. The summed E-state index contributed by atoms with van der Waals surface area (Å²) in [4.78, 5) is 15.0. The Balaban J connectivity index is 1.67. The topological polar surface area (TPSA) is 63.6 Å². The fourth-order valence-corrected chi connectivity index (χ4v) is 3.31. The molecule has 0 radical (unpaired) electrons. The average Bonchev–Trinajstić information content (AvgIpc) is 3.31. The molecule has 1 aliphatic rings. The van der Waals surface area contributed by atoms with Crippen LogP contribution in [-0.2, 0) is 0 Å². The summed E-state index contributed by atoms with van der Waals surface area (Å²) in [5.74, 6) is 1.13. The second-order valence-corrected chi connectivity index (χ2v) is 6.54. The summed E-state index contributed by atoms with van der Waals surface area (Å²) in [5, 5.41) is 8.48. The second kappa shape index (κ2) is 5.78. The number of amides is 1. The SMILES string of the molecule is CC(C)c1cc([C@@H]2CCCN2C(=O)c2cccc3ccnn23)no1. The van der Waals surface area contributed by atoms with Gasteiger partial charge in [-0.2, -0.15) is 5.10 Å². The fourth-order valence-electron chi connectivity index (χ4n) is 3.31. The molecule has 6 heteroatoms. The molecule has 1 aliphatic heterocycles. The van der Waals surface area contributed by atoms with E-state index in [1.165, 1.54) is 0 Å². The predicted octanol–water partition coefficient (Wildman–Crippen LogP) is 3.42. The number of carbonyl (C=O) groups excluding carboxylic acids is 1.